The second kappa shape index (κ2) is 11.3. The first kappa shape index (κ1) is 25.9. The summed E-state index contributed by atoms with van der Waals surface area (Å²) in [4.78, 5) is 20.3. The quantitative estimate of drug-likeness (QED) is 0.298. The Balaban J connectivity index is 1.40. The van der Waals surface area contributed by atoms with Crippen LogP contribution in [-0.4, -0.2) is 39.4 Å². The van der Waals surface area contributed by atoms with Crippen LogP contribution in [-0.2, 0) is 13.0 Å². The monoisotopic (exact) mass is 508 g/mol. The number of ether oxygens (including phenoxy) is 1. The van der Waals surface area contributed by atoms with Crippen LogP contribution in [0.2, 0.25) is 0 Å². The number of carbonyl (C=O) groups excluding carboxylic acids is 1. The maximum Gasteiger partial charge on any atom is 0.167 e. The minimum Gasteiger partial charge on any atom is -0.457 e. The summed E-state index contributed by atoms with van der Waals surface area (Å²) in [5.41, 5.74) is 13.1. The van der Waals surface area contributed by atoms with Crippen LogP contribution < -0.4 is 10.5 Å². The molecule has 0 unspecified atom stereocenters. The van der Waals surface area contributed by atoms with Gasteiger partial charge in [-0.1, -0.05) is 30.3 Å². The molecule has 38 heavy (non-hydrogen) atoms. The Labute approximate surface area is 225 Å². The van der Waals surface area contributed by atoms with Gasteiger partial charge in [-0.15, -0.1) is 0 Å². The molecule has 1 aromatic heterocycles. The molecule has 4 aromatic rings. The molecule has 1 aliphatic heterocycles. The van der Waals surface area contributed by atoms with Gasteiger partial charge in [-0.2, -0.15) is 0 Å². The zero-order chi connectivity index (χ0) is 26.6. The lowest BCUT2D eigenvalue weighted by atomic mass is 9.98. The highest BCUT2D eigenvalue weighted by atomic mass is 16.5. The van der Waals surface area contributed by atoms with Crippen LogP contribution in [0.25, 0.3) is 5.69 Å². The standard InChI is InChI=1S/C32H36N4O2/c1-22-6-4-8-30(12-22)38-32-17-27(10-9-23(32)2)31(37)16-25-13-26(19-35-11-5-7-28(33)20-35)15-29(14-25)36-18-24(3)34-21-36/h4,6,8-10,12-15,17-18,21,28H,5,7,11,16,19-20,33H2,1-3H3/t28-/m0/s1. The van der Waals surface area contributed by atoms with Crippen molar-refractivity contribution in [3.8, 4) is 17.2 Å². The third-order valence-corrected chi connectivity index (χ3v) is 7.09. The number of carbonyl (C=O) groups is 1. The van der Waals surface area contributed by atoms with E-state index < -0.39 is 0 Å². The number of rotatable bonds is 8. The first-order valence-corrected chi connectivity index (χ1v) is 13.3. The van der Waals surface area contributed by atoms with Gasteiger partial charge in [-0.05, 0) is 92.7 Å². The first-order chi connectivity index (χ1) is 18.3. The molecule has 6 nitrogen and oxygen atoms in total. The maximum absolute atomic E-state index is 13.5. The predicted octanol–water partition coefficient (Wildman–Crippen LogP) is 5.94. The van der Waals surface area contributed by atoms with Crippen LogP contribution in [0.5, 0.6) is 11.5 Å². The summed E-state index contributed by atoms with van der Waals surface area (Å²) in [5, 5.41) is 0. The van der Waals surface area contributed by atoms with Crippen molar-refractivity contribution < 1.29 is 9.53 Å². The van der Waals surface area contributed by atoms with Gasteiger partial charge in [0.2, 0.25) is 0 Å². The Bertz CT molecular complexity index is 1440. The summed E-state index contributed by atoms with van der Waals surface area (Å²) < 4.78 is 8.17. The number of aromatic nitrogens is 2. The summed E-state index contributed by atoms with van der Waals surface area (Å²) in [5.74, 6) is 1.53. The summed E-state index contributed by atoms with van der Waals surface area (Å²) in [6.07, 6.45) is 6.34. The van der Waals surface area contributed by atoms with Gasteiger partial charge >= 0.3 is 0 Å². The Morgan fingerprint density at radius 2 is 1.89 bits per heavy atom. The highest BCUT2D eigenvalue weighted by Gasteiger charge is 2.18. The van der Waals surface area contributed by atoms with Crippen molar-refractivity contribution in [3.05, 3.63) is 107 Å². The Morgan fingerprint density at radius 3 is 2.66 bits per heavy atom. The van der Waals surface area contributed by atoms with E-state index in [0.717, 1.165) is 66.3 Å². The molecule has 0 spiro atoms. The van der Waals surface area contributed by atoms with Gasteiger partial charge < -0.3 is 15.0 Å². The number of benzene rings is 3. The minimum atomic E-state index is 0.0593. The molecule has 2 heterocycles. The van der Waals surface area contributed by atoms with Gasteiger partial charge in [-0.3, -0.25) is 9.69 Å². The molecule has 1 fully saturated rings. The maximum atomic E-state index is 13.5. The fraction of sp³-hybridized carbons (Fsp3) is 0.312. The second-order valence-corrected chi connectivity index (χ2v) is 10.6. The van der Waals surface area contributed by atoms with Crippen molar-refractivity contribution in [2.75, 3.05) is 13.1 Å². The summed E-state index contributed by atoms with van der Waals surface area (Å²) in [6, 6.07) is 20.3. The molecule has 0 aliphatic carbocycles. The third-order valence-electron chi connectivity index (χ3n) is 7.09. The van der Waals surface area contributed by atoms with E-state index in [1.54, 1.807) is 0 Å². The van der Waals surface area contributed by atoms with E-state index in [1.807, 2.05) is 80.3 Å². The van der Waals surface area contributed by atoms with E-state index in [2.05, 4.69) is 28.1 Å². The Hall–Kier alpha value is -3.74. The number of likely N-dealkylation sites (tertiary alicyclic amines) is 1. The fourth-order valence-electron chi connectivity index (χ4n) is 5.12. The van der Waals surface area contributed by atoms with Gasteiger partial charge in [0.1, 0.15) is 11.5 Å². The van der Waals surface area contributed by atoms with Crippen LogP contribution in [0, 0.1) is 20.8 Å². The van der Waals surface area contributed by atoms with E-state index in [0.29, 0.717) is 17.7 Å². The van der Waals surface area contributed by atoms with Crippen molar-refractivity contribution in [2.45, 2.75) is 52.6 Å². The number of Topliss-reactive ketones (excluding diaryl/α,β-unsaturated/α-hetero) is 1. The minimum absolute atomic E-state index is 0.0593. The smallest absolute Gasteiger partial charge is 0.167 e. The molecule has 0 bridgehead atoms. The molecule has 1 atom stereocenters. The first-order valence-electron chi connectivity index (χ1n) is 13.3. The number of nitrogens with two attached hydrogens (primary N) is 1. The van der Waals surface area contributed by atoms with Crippen molar-refractivity contribution in [1.29, 1.82) is 0 Å². The van der Waals surface area contributed by atoms with Crippen molar-refractivity contribution in [1.82, 2.24) is 14.5 Å². The second-order valence-electron chi connectivity index (χ2n) is 10.6. The predicted molar refractivity (Wildman–Crippen MR) is 151 cm³/mol. The molecular formula is C32H36N4O2. The molecule has 196 valence electrons. The highest BCUT2D eigenvalue weighted by Crippen LogP contribution is 2.28. The zero-order valence-corrected chi connectivity index (χ0v) is 22.5. The van der Waals surface area contributed by atoms with Crippen molar-refractivity contribution in [2.24, 2.45) is 5.73 Å². The number of ketones is 1. The molecule has 0 amide bonds. The normalized spacial score (nSPS) is 15.9. The van der Waals surface area contributed by atoms with Gasteiger partial charge in [0.15, 0.2) is 5.78 Å². The molecule has 2 N–H and O–H groups in total. The molecule has 1 aliphatic rings. The van der Waals surface area contributed by atoms with Gasteiger partial charge in [0.05, 0.1) is 12.0 Å². The van der Waals surface area contributed by atoms with Crippen molar-refractivity contribution in [3.63, 3.8) is 0 Å². The summed E-state index contributed by atoms with van der Waals surface area (Å²) >= 11 is 0. The fourth-order valence-corrected chi connectivity index (χ4v) is 5.12. The van der Waals surface area contributed by atoms with E-state index >= 15 is 0 Å². The highest BCUT2D eigenvalue weighted by molar-refractivity contribution is 5.98. The van der Waals surface area contributed by atoms with E-state index in [9.17, 15) is 4.79 Å². The number of piperidine rings is 1. The van der Waals surface area contributed by atoms with E-state index in [1.165, 1.54) is 5.56 Å². The number of imidazole rings is 1. The summed E-state index contributed by atoms with van der Waals surface area (Å²) in [7, 11) is 0. The van der Waals surface area contributed by atoms with Crippen LogP contribution in [0.4, 0.5) is 0 Å². The Kier molecular flexibility index (Phi) is 7.72. The molecule has 0 radical (unpaired) electrons. The number of aryl methyl sites for hydroxylation is 3. The van der Waals surface area contributed by atoms with Crippen LogP contribution in [0.15, 0.2) is 73.2 Å². The van der Waals surface area contributed by atoms with Crippen LogP contribution >= 0.6 is 0 Å². The number of nitrogens with zero attached hydrogens (tertiary/aromatic N) is 3. The Morgan fingerprint density at radius 1 is 1.05 bits per heavy atom. The molecule has 5 rings (SSSR count). The lowest BCUT2D eigenvalue weighted by Gasteiger charge is -2.30. The SMILES string of the molecule is Cc1cccc(Oc2cc(C(=O)Cc3cc(CN4CCC[C@H](N)C4)cc(-n4cnc(C)c4)c3)ccc2C)c1. The molecule has 0 saturated carbocycles. The average Bonchev–Trinajstić information content (AvgIpc) is 3.31. The van der Waals surface area contributed by atoms with E-state index in [4.69, 9.17) is 10.5 Å². The van der Waals surface area contributed by atoms with E-state index in [-0.39, 0.29) is 11.8 Å². The van der Waals surface area contributed by atoms with Gasteiger partial charge in [0, 0.05) is 43.0 Å². The van der Waals surface area contributed by atoms with Gasteiger partial charge in [0.25, 0.3) is 0 Å². The lowest BCUT2D eigenvalue weighted by molar-refractivity contribution is 0.0992. The molecular weight excluding hydrogens is 472 g/mol. The molecule has 3 aromatic carbocycles. The van der Waals surface area contributed by atoms with Crippen LogP contribution in [0.3, 0.4) is 0 Å². The number of hydrogen-bond donors (Lipinski definition) is 1. The summed E-state index contributed by atoms with van der Waals surface area (Å²) in [6.45, 7) is 8.77. The molecule has 1 saturated heterocycles. The average molecular weight is 509 g/mol. The van der Waals surface area contributed by atoms with Crippen LogP contribution in [0.1, 0.15) is 51.1 Å². The lowest BCUT2D eigenvalue weighted by Crippen LogP contribution is -2.42. The van der Waals surface area contributed by atoms with Crippen molar-refractivity contribution >= 4 is 5.78 Å². The number of hydrogen-bond acceptors (Lipinski definition) is 5. The third kappa shape index (κ3) is 6.39. The largest absolute Gasteiger partial charge is 0.457 e. The molecule has 6 heteroatoms. The topological polar surface area (TPSA) is 73.4 Å². The van der Waals surface area contributed by atoms with Gasteiger partial charge in [-0.25, -0.2) is 4.98 Å². The zero-order valence-electron chi connectivity index (χ0n) is 22.5.